The Morgan fingerprint density at radius 2 is 1.89 bits per heavy atom. The van der Waals surface area contributed by atoms with Gasteiger partial charge < -0.3 is 14.2 Å². The minimum Gasteiger partial charge on any atom is -0.493 e. The lowest BCUT2D eigenvalue weighted by molar-refractivity contribution is -0.136. The summed E-state index contributed by atoms with van der Waals surface area (Å²) >= 11 is 13.4. The SMILES string of the molecule is CCCCCOc1ccc(C2C(C(=O)OC)=C(C)N=c3s/c(=C\c4ccc(Cl)c(Cl)c4)c(=O)n32)cc1OC. The molecule has 0 radical (unpaired) electrons. The smallest absolute Gasteiger partial charge is 0.338 e. The van der Waals surface area contributed by atoms with Crippen molar-refractivity contribution in [3.63, 3.8) is 0 Å². The maximum atomic E-state index is 13.7. The molecule has 0 aliphatic carbocycles. The first-order valence-electron chi connectivity index (χ1n) is 12.2. The van der Waals surface area contributed by atoms with Crippen LogP contribution in [0.5, 0.6) is 11.5 Å². The van der Waals surface area contributed by atoms with E-state index in [1.54, 1.807) is 50.4 Å². The fourth-order valence-electron chi connectivity index (χ4n) is 4.27. The third-order valence-corrected chi connectivity index (χ3v) is 7.90. The Morgan fingerprint density at radius 1 is 1.11 bits per heavy atom. The average Bonchev–Trinajstić information content (AvgIpc) is 3.21. The van der Waals surface area contributed by atoms with Crippen molar-refractivity contribution >= 4 is 46.6 Å². The van der Waals surface area contributed by atoms with Crippen LogP contribution in [-0.4, -0.2) is 31.4 Å². The zero-order valence-electron chi connectivity index (χ0n) is 21.5. The van der Waals surface area contributed by atoms with Crippen molar-refractivity contribution in [1.29, 1.82) is 0 Å². The molecule has 10 heteroatoms. The van der Waals surface area contributed by atoms with Crippen LogP contribution < -0.4 is 24.4 Å². The van der Waals surface area contributed by atoms with Crippen molar-refractivity contribution < 1.29 is 19.0 Å². The van der Waals surface area contributed by atoms with Crippen LogP contribution >= 0.6 is 34.5 Å². The molecule has 2 aromatic carbocycles. The highest BCUT2D eigenvalue weighted by atomic mass is 35.5. The van der Waals surface area contributed by atoms with Crippen molar-refractivity contribution in [2.45, 2.75) is 39.2 Å². The van der Waals surface area contributed by atoms with Gasteiger partial charge in [-0.05, 0) is 54.8 Å². The molecule has 200 valence electrons. The molecule has 2 heterocycles. The number of ether oxygens (including phenoxy) is 3. The Labute approximate surface area is 234 Å². The summed E-state index contributed by atoms with van der Waals surface area (Å²) in [4.78, 5) is 31.7. The number of hydrogen-bond donors (Lipinski definition) is 0. The van der Waals surface area contributed by atoms with Crippen LogP contribution in [0.25, 0.3) is 6.08 Å². The second-order valence-electron chi connectivity index (χ2n) is 8.71. The molecule has 0 fully saturated rings. The first-order chi connectivity index (χ1) is 18.3. The number of halogens is 2. The normalized spacial score (nSPS) is 15.2. The molecular weight excluding hydrogens is 547 g/mol. The number of aromatic nitrogens is 1. The number of esters is 1. The monoisotopic (exact) mass is 574 g/mol. The summed E-state index contributed by atoms with van der Waals surface area (Å²) in [6.45, 7) is 4.44. The van der Waals surface area contributed by atoms with Crippen LogP contribution in [0.1, 0.15) is 50.3 Å². The number of benzene rings is 2. The second-order valence-corrected chi connectivity index (χ2v) is 10.5. The van der Waals surface area contributed by atoms with Gasteiger partial charge in [-0.2, -0.15) is 0 Å². The van der Waals surface area contributed by atoms with Crippen molar-refractivity contribution in [3.8, 4) is 11.5 Å². The quantitative estimate of drug-likeness (QED) is 0.256. The Kier molecular flexibility index (Phi) is 8.97. The van der Waals surface area contributed by atoms with Gasteiger partial charge >= 0.3 is 5.97 Å². The minimum atomic E-state index is -0.766. The van der Waals surface area contributed by atoms with Gasteiger partial charge in [-0.15, -0.1) is 0 Å². The summed E-state index contributed by atoms with van der Waals surface area (Å²) in [5, 5.41) is 0.814. The number of methoxy groups -OCH3 is 2. The Balaban J connectivity index is 1.85. The van der Waals surface area contributed by atoms with Crippen LogP contribution in [0.4, 0.5) is 0 Å². The molecule has 1 atom stereocenters. The Hall–Kier alpha value is -3.07. The lowest BCUT2D eigenvalue weighted by Crippen LogP contribution is -2.39. The number of allylic oxidation sites excluding steroid dienone is 1. The first-order valence-corrected chi connectivity index (χ1v) is 13.7. The van der Waals surface area contributed by atoms with E-state index < -0.39 is 12.0 Å². The molecule has 0 saturated carbocycles. The van der Waals surface area contributed by atoms with E-state index in [2.05, 4.69) is 11.9 Å². The van der Waals surface area contributed by atoms with Gasteiger partial charge in [0.15, 0.2) is 16.3 Å². The molecule has 1 unspecified atom stereocenters. The number of rotatable bonds is 9. The van der Waals surface area contributed by atoms with E-state index in [0.29, 0.717) is 48.7 Å². The summed E-state index contributed by atoms with van der Waals surface area (Å²) in [5.74, 6) is 0.546. The minimum absolute atomic E-state index is 0.277. The summed E-state index contributed by atoms with van der Waals surface area (Å²) < 4.78 is 18.6. The molecule has 7 nitrogen and oxygen atoms in total. The highest BCUT2D eigenvalue weighted by molar-refractivity contribution is 7.07. The van der Waals surface area contributed by atoms with Gasteiger partial charge in [-0.25, -0.2) is 9.79 Å². The van der Waals surface area contributed by atoms with Crippen molar-refractivity contribution in [1.82, 2.24) is 4.57 Å². The third-order valence-electron chi connectivity index (χ3n) is 6.18. The maximum absolute atomic E-state index is 13.7. The van der Waals surface area contributed by atoms with Gasteiger partial charge in [0.05, 0.1) is 52.7 Å². The van der Waals surface area contributed by atoms with Gasteiger partial charge in [0.25, 0.3) is 5.56 Å². The van der Waals surface area contributed by atoms with Gasteiger partial charge in [-0.1, -0.05) is 66.4 Å². The molecule has 38 heavy (non-hydrogen) atoms. The molecule has 0 saturated heterocycles. The summed E-state index contributed by atoms with van der Waals surface area (Å²) in [7, 11) is 2.87. The number of unbranched alkanes of at least 4 members (excludes halogenated alkanes) is 2. The molecule has 0 spiro atoms. The summed E-state index contributed by atoms with van der Waals surface area (Å²) in [5.41, 5.74) is 1.84. The largest absolute Gasteiger partial charge is 0.493 e. The van der Waals surface area contributed by atoms with E-state index in [1.807, 2.05) is 6.07 Å². The van der Waals surface area contributed by atoms with Gasteiger partial charge in [0.2, 0.25) is 0 Å². The van der Waals surface area contributed by atoms with E-state index in [4.69, 9.17) is 37.4 Å². The lowest BCUT2D eigenvalue weighted by atomic mass is 9.95. The maximum Gasteiger partial charge on any atom is 0.338 e. The first kappa shape index (κ1) is 28.0. The number of carbonyl (C=O) groups is 1. The zero-order valence-corrected chi connectivity index (χ0v) is 23.9. The van der Waals surface area contributed by atoms with Crippen molar-refractivity contribution in [2.24, 2.45) is 4.99 Å². The van der Waals surface area contributed by atoms with Crippen LogP contribution in [0.15, 0.2) is 57.5 Å². The van der Waals surface area contributed by atoms with Crippen LogP contribution in [0, 0.1) is 0 Å². The topological polar surface area (TPSA) is 79.1 Å². The predicted octanol–water partition coefficient (Wildman–Crippen LogP) is 5.29. The van der Waals surface area contributed by atoms with E-state index in [-0.39, 0.29) is 11.1 Å². The van der Waals surface area contributed by atoms with E-state index in [1.165, 1.54) is 23.0 Å². The molecule has 0 N–H and O–H groups in total. The number of fused-ring (bicyclic) bond motifs is 1. The second kappa shape index (κ2) is 12.2. The van der Waals surface area contributed by atoms with Crippen LogP contribution in [-0.2, 0) is 9.53 Å². The number of nitrogens with zero attached hydrogens (tertiary/aromatic N) is 2. The third kappa shape index (κ3) is 5.67. The highest BCUT2D eigenvalue weighted by Gasteiger charge is 2.33. The summed E-state index contributed by atoms with van der Waals surface area (Å²) in [6.07, 6.45) is 4.83. The number of thiazole rings is 1. The van der Waals surface area contributed by atoms with E-state index >= 15 is 0 Å². The van der Waals surface area contributed by atoms with Gasteiger partial charge in [0.1, 0.15) is 0 Å². The number of hydrogen-bond acceptors (Lipinski definition) is 7. The average molecular weight is 576 g/mol. The van der Waals surface area contributed by atoms with Crippen molar-refractivity contribution in [2.75, 3.05) is 20.8 Å². The highest BCUT2D eigenvalue weighted by Crippen LogP contribution is 2.36. The zero-order chi connectivity index (χ0) is 27.4. The fraction of sp³-hybridized carbons (Fsp3) is 0.321. The lowest BCUT2D eigenvalue weighted by Gasteiger charge is -2.25. The van der Waals surface area contributed by atoms with Crippen LogP contribution in [0.2, 0.25) is 10.0 Å². The Bertz CT molecular complexity index is 1570. The van der Waals surface area contributed by atoms with E-state index in [9.17, 15) is 9.59 Å². The standard InChI is InChI=1S/C28H28Cl2N2O5S/c1-5-6-7-12-37-21-11-9-18(15-22(21)35-3)25-24(27(34)36-4)16(2)31-28-32(25)26(33)23(38-28)14-17-8-10-19(29)20(30)13-17/h8-11,13-15,25H,5-7,12H2,1-4H3/b23-14-. The van der Waals surface area contributed by atoms with Crippen molar-refractivity contribution in [3.05, 3.63) is 88.5 Å². The van der Waals surface area contributed by atoms with Gasteiger partial charge in [0, 0.05) is 0 Å². The molecule has 1 aliphatic rings. The molecule has 1 aliphatic heterocycles. The van der Waals surface area contributed by atoms with Crippen LogP contribution in [0.3, 0.4) is 0 Å². The molecule has 1 aromatic heterocycles. The molecule has 0 bridgehead atoms. The van der Waals surface area contributed by atoms with E-state index in [0.717, 1.165) is 24.8 Å². The number of carbonyl (C=O) groups excluding carboxylic acids is 1. The Morgan fingerprint density at radius 3 is 2.58 bits per heavy atom. The molecule has 0 amide bonds. The predicted molar refractivity (Wildman–Crippen MR) is 150 cm³/mol. The molecule has 4 rings (SSSR count). The summed E-state index contributed by atoms with van der Waals surface area (Å²) in [6, 6.07) is 9.80. The fourth-order valence-corrected chi connectivity index (χ4v) is 5.62. The van der Waals surface area contributed by atoms with Gasteiger partial charge in [-0.3, -0.25) is 9.36 Å². The molecular formula is C28H28Cl2N2O5S. The molecule has 3 aromatic rings.